The Morgan fingerprint density at radius 1 is 1.11 bits per heavy atom. The second kappa shape index (κ2) is 9.59. The third-order valence-electron chi connectivity index (χ3n) is 4.93. The minimum atomic E-state index is -0.316. The maximum Gasteiger partial charge on any atom is 0.227 e. The summed E-state index contributed by atoms with van der Waals surface area (Å²) in [6.45, 7) is 5.17. The zero-order valence-corrected chi connectivity index (χ0v) is 16.7. The Morgan fingerprint density at radius 2 is 1.75 bits per heavy atom. The molecule has 1 fully saturated rings. The number of hydrogen-bond donors (Lipinski definition) is 0. The van der Waals surface area contributed by atoms with Crippen LogP contribution < -0.4 is 4.74 Å². The van der Waals surface area contributed by atoms with Gasteiger partial charge in [0, 0.05) is 31.2 Å². The van der Waals surface area contributed by atoms with Gasteiger partial charge in [-0.1, -0.05) is 35.9 Å². The smallest absolute Gasteiger partial charge is 0.227 e. The highest BCUT2D eigenvalue weighted by atomic mass is 35.5. The van der Waals surface area contributed by atoms with E-state index < -0.39 is 0 Å². The molecule has 0 radical (unpaired) electrons. The first-order valence-electron chi connectivity index (χ1n) is 9.49. The summed E-state index contributed by atoms with van der Waals surface area (Å²) < 4.78 is 5.47. The quantitative estimate of drug-likeness (QED) is 0.745. The van der Waals surface area contributed by atoms with E-state index in [2.05, 4.69) is 11.0 Å². The zero-order valence-electron chi connectivity index (χ0n) is 16.0. The van der Waals surface area contributed by atoms with Crippen LogP contribution >= 0.6 is 11.6 Å². The number of halogens is 1. The first kappa shape index (κ1) is 20.2. The van der Waals surface area contributed by atoms with Crippen molar-refractivity contribution in [1.82, 2.24) is 9.80 Å². The van der Waals surface area contributed by atoms with Gasteiger partial charge in [-0.05, 0) is 42.3 Å². The van der Waals surface area contributed by atoms with Gasteiger partial charge < -0.3 is 9.64 Å². The van der Waals surface area contributed by atoms with Gasteiger partial charge in [-0.2, -0.15) is 5.26 Å². The molecule has 2 aromatic carbocycles. The minimum Gasteiger partial charge on any atom is -0.494 e. The van der Waals surface area contributed by atoms with Crippen LogP contribution in [0.2, 0.25) is 5.02 Å². The molecule has 0 spiro atoms. The molecular weight excluding hydrogens is 374 g/mol. The minimum absolute atomic E-state index is 0.108. The average Bonchev–Trinajstić information content (AvgIpc) is 2.72. The Hall–Kier alpha value is -2.55. The number of rotatable bonds is 6. The molecule has 28 heavy (non-hydrogen) atoms. The van der Waals surface area contributed by atoms with Crippen molar-refractivity contribution >= 4 is 17.5 Å². The normalized spacial score (nSPS) is 15.7. The van der Waals surface area contributed by atoms with Crippen LogP contribution in [0, 0.1) is 11.3 Å². The molecule has 2 aromatic rings. The molecule has 1 aliphatic heterocycles. The van der Waals surface area contributed by atoms with Gasteiger partial charge in [-0.25, -0.2) is 0 Å². The molecule has 5 nitrogen and oxygen atoms in total. The molecule has 0 bridgehead atoms. The maximum atomic E-state index is 12.6. The van der Waals surface area contributed by atoms with Crippen LogP contribution in [0.4, 0.5) is 0 Å². The summed E-state index contributed by atoms with van der Waals surface area (Å²) >= 11 is 5.90. The van der Waals surface area contributed by atoms with E-state index in [1.54, 1.807) is 12.1 Å². The summed E-state index contributed by atoms with van der Waals surface area (Å²) in [6, 6.07) is 17.1. The standard InChI is InChI=1S/C22H24ClN3O2/c1-2-28-20-9-5-18(6-10-20)21(16-24)25-11-13-26(14-12-25)22(27)15-17-3-7-19(23)8-4-17/h3-10,21H,2,11-15H2,1H3. The van der Waals surface area contributed by atoms with Crippen LogP contribution in [0.15, 0.2) is 48.5 Å². The number of nitrogens with zero attached hydrogens (tertiary/aromatic N) is 3. The Labute approximate surface area is 171 Å². The molecule has 6 heteroatoms. The van der Waals surface area contributed by atoms with Crippen LogP contribution in [0.25, 0.3) is 0 Å². The molecular formula is C22H24ClN3O2. The molecule has 0 saturated carbocycles. The number of nitriles is 1. The van der Waals surface area contributed by atoms with Crippen molar-refractivity contribution in [2.24, 2.45) is 0 Å². The highest BCUT2D eigenvalue weighted by Gasteiger charge is 2.27. The lowest BCUT2D eigenvalue weighted by Gasteiger charge is -2.37. The number of hydrogen-bond acceptors (Lipinski definition) is 4. The van der Waals surface area contributed by atoms with Gasteiger partial charge in [0.1, 0.15) is 11.8 Å². The molecule has 1 saturated heterocycles. The van der Waals surface area contributed by atoms with Crippen LogP contribution in [-0.2, 0) is 11.2 Å². The Kier molecular flexibility index (Phi) is 6.91. The Balaban J connectivity index is 1.56. The zero-order chi connectivity index (χ0) is 19.9. The Bertz CT molecular complexity index is 822. The molecule has 0 aromatic heterocycles. The van der Waals surface area contributed by atoms with Crippen molar-refractivity contribution in [1.29, 1.82) is 5.26 Å². The van der Waals surface area contributed by atoms with Gasteiger partial charge in [-0.15, -0.1) is 0 Å². The van der Waals surface area contributed by atoms with E-state index in [4.69, 9.17) is 16.3 Å². The van der Waals surface area contributed by atoms with Crippen LogP contribution in [0.1, 0.15) is 24.1 Å². The number of piperazine rings is 1. The van der Waals surface area contributed by atoms with Crippen LogP contribution in [0.5, 0.6) is 5.75 Å². The lowest BCUT2D eigenvalue weighted by molar-refractivity contribution is -0.132. The fourth-order valence-electron chi connectivity index (χ4n) is 3.40. The van der Waals surface area contributed by atoms with E-state index in [0.29, 0.717) is 44.2 Å². The molecule has 1 aliphatic rings. The fraction of sp³-hybridized carbons (Fsp3) is 0.364. The van der Waals surface area contributed by atoms with E-state index in [0.717, 1.165) is 16.9 Å². The maximum absolute atomic E-state index is 12.6. The molecule has 0 aliphatic carbocycles. The van der Waals surface area contributed by atoms with Crippen molar-refractivity contribution in [3.05, 3.63) is 64.7 Å². The van der Waals surface area contributed by atoms with Crippen molar-refractivity contribution in [2.45, 2.75) is 19.4 Å². The van der Waals surface area contributed by atoms with Crippen molar-refractivity contribution in [3.8, 4) is 11.8 Å². The van der Waals surface area contributed by atoms with E-state index in [9.17, 15) is 10.1 Å². The van der Waals surface area contributed by atoms with Gasteiger partial charge in [0.15, 0.2) is 0 Å². The summed E-state index contributed by atoms with van der Waals surface area (Å²) in [5.74, 6) is 0.914. The number of benzene rings is 2. The number of carbonyl (C=O) groups excluding carboxylic acids is 1. The van der Waals surface area contributed by atoms with Gasteiger partial charge in [-0.3, -0.25) is 9.69 Å². The molecule has 1 amide bonds. The Morgan fingerprint density at radius 3 is 2.32 bits per heavy atom. The summed E-state index contributed by atoms with van der Waals surface area (Å²) in [6.07, 6.45) is 0.373. The fourth-order valence-corrected chi connectivity index (χ4v) is 3.52. The summed E-state index contributed by atoms with van der Waals surface area (Å²) in [5, 5.41) is 10.4. The third-order valence-corrected chi connectivity index (χ3v) is 5.18. The average molecular weight is 398 g/mol. The molecule has 1 heterocycles. The second-order valence-corrected chi connectivity index (χ2v) is 7.19. The van der Waals surface area contributed by atoms with Crippen molar-refractivity contribution < 1.29 is 9.53 Å². The lowest BCUT2D eigenvalue weighted by atomic mass is 10.1. The topological polar surface area (TPSA) is 56.6 Å². The molecule has 3 rings (SSSR count). The summed E-state index contributed by atoms with van der Waals surface area (Å²) in [7, 11) is 0. The predicted octanol–water partition coefficient (Wildman–Crippen LogP) is 3.69. The van der Waals surface area contributed by atoms with Crippen LogP contribution in [0.3, 0.4) is 0 Å². The van der Waals surface area contributed by atoms with Crippen molar-refractivity contribution in [2.75, 3.05) is 32.8 Å². The second-order valence-electron chi connectivity index (χ2n) is 6.75. The number of amides is 1. The number of ether oxygens (including phenoxy) is 1. The highest BCUT2D eigenvalue weighted by molar-refractivity contribution is 6.30. The molecule has 0 N–H and O–H groups in total. The van der Waals surface area contributed by atoms with Crippen molar-refractivity contribution in [3.63, 3.8) is 0 Å². The third kappa shape index (κ3) is 5.03. The van der Waals surface area contributed by atoms with Gasteiger partial charge in [0.2, 0.25) is 5.91 Å². The van der Waals surface area contributed by atoms with Crippen LogP contribution in [-0.4, -0.2) is 48.5 Å². The monoisotopic (exact) mass is 397 g/mol. The van der Waals surface area contributed by atoms with E-state index in [1.807, 2.05) is 48.2 Å². The van der Waals surface area contributed by atoms with Gasteiger partial charge >= 0.3 is 0 Å². The predicted molar refractivity (Wildman–Crippen MR) is 109 cm³/mol. The molecule has 146 valence electrons. The first-order chi connectivity index (χ1) is 13.6. The summed E-state index contributed by atoms with van der Waals surface area (Å²) in [4.78, 5) is 16.6. The van der Waals surface area contributed by atoms with Gasteiger partial charge in [0.25, 0.3) is 0 Å². The SMILES string of the molecule is CCOc1ccc(C(C#N)N2CCN(C(=O)Cc3ccc(Cl)cc3)CC2)cc1. The van der Waals surface area contributed by atoms with Gasteiger partial charge in [0.05, 0.1) is 19.1 Å². The van der Waals surface area contributed by atoms with E-state index in [1.165, 1.54) is 0 Å². The molecule has 1 unspecified atom stereocenters. The van der Waals surface area contributed by atoms with E-state index in [-0.39, 0.29) is 11.9 Å². The largest absolute Gasteiger partial charge is 0.494 e. The lowest BCUT2D eigenvalue weighted by Crippen LogP contribution is -2.49. The van der Waals surface area contributed by atoms with E-state index >= 15 is 0 Å². The summed E-state index contributed by atoms with van der Waals surface area (Å²) in [5.41, 5.74) is 1.91. The number of carbonyl (C=O) groups is 1. The molecule has 1 atom stereocenters. The highest BCUT2D eigenvalue weighted by Crippen LogP contribution is 2.24. The first-order valence-corrected chi connectivity index (χ1v) is 9.87.